The fourth-order valence-corrected chi connectivity index (χ4v) is 3.46. The van der Waals surface area contributed by atoms with Gasteiger partial charge in [-0.3, -0.25) is 9.59 Å². The summed E-state index contributed by atoms with van der Waals surface area (Å²) in [6.45, 7) is 0. The molecule has 1 heterocycles. The normalized spacial score (nSPS) is 14.4. The molecule has 2 aromatic rings. The number of rotatable bonds is 2. The fraction of sp³-hybridized carbons (Fsp3) is 0. The molecule has 6 heteroatoms. The van der Waals surface area contributed by atoms with Crippen molar-refractivity contribution in [3.05, 3.63) is 66.0 Å². The average molecular weight is 287 g/mol. The molecule has 1 aliphatic carbocycles. The molecule has 0 radical (unpaired) electrons. The van der Waals surface area contributed by atoms with E-state index >= 15 is 0 Å². The molecule has 1 aliphatic rings. The Kier molecular flexibility index (Phi) is 2.69. The second-order valence-electron chi connectivity index (χ2n) is 4.25. The Morgan fingerprint density at radius 1 is 0.850 bits per heavy atom. The summed E-state index contributed by atoms with van der Waals surface area (Å²) in [7, 11) is -3.88. The third-order valence-electron chi connectivity index (χ3n) is 3.04. The van der Waals surface area contributed by atoms with E-state index in [9.17, 15) is 18.0 Å². The highest BCUT2D eigenvalue weighted by molar-refractivity contribution is 7.90. The van der Waals surface area contributed by atoms with Crippen molar-refractivity contribution in [1.82, 2.24) is 3.97 Å². The first-order chi connectivity index (χ1) is 9.51. The van der Waals surface area contributed by atoms with Crippen LogP contribution in [0.25, 0.3) is 0 Å². The van der Waals surface area contributed by atoms with E-state index in [-0.39, 0.29) is 21.9 Å². The SMILES string of the molecule is O=C1C=CC(=O)c2c1ccn2S(=O)(=O)c1ccccc1. The minimum absolute atomic E-state index is 0.0632. The number of hydrogen-bond acceptors (Lipinski definition) is 4. The van der Waals surface area contributed by atoms with Gasteiger partial charge in [0.2, 0.25) is 5.78 Å². The van der Waals surface area contributed by atoms with Crippen LogP contribution in [0.1, 0.15) is 20.8 Å². The van der Waals surface area contributed by atoms with Crippen molar-refractivity contribution in [3.8, 4) is 0 Å². The third-order valence-corrected chi connectivity index (χ3v) is 4.73. The fourth-order valence-electron chi connectivity index (χ4n) is 2.08. The monoisotopic (exact) mass is 287 g/mol. The Morgan fingerprint density at radius 2 is 1.50 bits per heavy atom. The number of carbonyl (C=O) groups is 2. The van der Waals surface area contributed by atoms with E-state index in [2.05, 4.69) is 0 Å². The number of benzene rings is 1. The lowest BCUT2D eigenvalue weighted by Crippen LogP contribution is -2.20. The Hall–Kier alpha value is -2.47. The lowest BCUT2D eigenvalue weighted by Gasteiger charge is -2.11. The van der Waals surface area contributed by atoms with Crippen LogP contribution in [0.2, 0.25) is 0 Å². The summed E-state index contributed by atoms with van der Waals surface area (Å²) in [4.78, 5) is 23.6. The molecule has 0 aliphatic heterocycles. The molecule has 100 valence electrons. The zero-order valence-electron chi connectivity index (χ0n) is 10.2. The van der Waals surface area contributed by atoms with Gasteiger partial charge in [0, 0.05) is 6.20 Å². The van der Waals surface area contributed by atoms with Crippen molar-refractivity contribution in [2.45, 2.75) is 4.90 Å². The number of nitrogens with zero attached hydrogens (tertiary/aromatic N) is 1. The molecule has 0 saturated heterocycles. The molecule has 0 amide bonds. The Morgan fingerprint density at radius 3 is 2.20 bits per heavy atom. The maximum Gasteiger partial charge on any atom is 0.268 e. The van der Waals surface area contributed by atoms with Crippen LogP contribution < -0.4 is 0 Å². The van der Waals surface area contributed by atoms with Gasteiger partial charge >= 0.3 is 0 Å². The molecule has 20 heavy (non-hydrogen) atoms. The molecule has 0 bridgehead atoms. The molecular weight excluding hydrogens is 278 g/mol. The van der Waals surface area contributed by atoms with Gasteiger partial charge in [0.25, 0.3) is 10.0 Å². The predicted octanol–water partition coefficient (Wildman–Crippen LogP) is 1.66. The van der Waals surface area contributed by atoms with Crippen LogP contribution in [0, 0.1) is 0 Å². The van der Waals surface area contributed by atoms with E-state index in [4.69, 9.17) is 0 Å². The molecule has 0 N–H and O–H groups in total. The summed E-state index contributed by atoms with van der Waals surface area (Å²) in [5.41, 5.74) is -0.00152. The molecule has 0 saturated carbocycles. The lowest BCUT2D eigenvalue weighted by atomic mass is 10.0. The van der Waals surface area contributed by atoms with Crippen LogP contribution in [0.4, 0.5) is 0 Å². The predicted molar refractivity (Wildman–Crippen MR) is 71.3 cm³/mol. The summed E-state index contributed by atoms with van der Waals surface area (Å²) in [6.07, 6.45) is 3.46. The van der Waals surface area contributed by atoms with Gasteiger partial charge in [0.1, 0.15) is 5.69 Å². The summed E-state index contributed by atoms with van der Waals surface area (Å²) in [5, 5.41) is 0. The van der Waals surface area contributed by atoms with Crippen LogP contribution in [-0.4, -0.2) is 24.0 Å². The number of ketones is 2. The summed E-state index contributed by atoms with van der Waals surface area (Å²) < 4.78 is 25.9. The van der Waals surface area contributed by atoms with E-state index in [1.165, 1.54) is 24.4 Å². The summed E-state index contributed by atoms with van der Waals surface area (Å²) >= 11 is 0. The second-order valence-corrected chi connectivity index (χ2v) is 6.07. The van der Waals surface area contributed by atoms with Gasteiger partial charge in [0.05, 0.1) is 10.5 Å². The minimum atomic E-state index is -3.88. The number of aromatic nitrogens is 1. The average Bonchev–Trinajstić information content (AvgIpc) is 2.91. The van der Waals surface area contributed by atoms with Crippen LogP contribution in [-0.2, 0) is 10.0 Å². The highest BCUT2D eigenvalue weighted by Crippen LogP contribution is 2.23. The first kappa shape index (κ1) is 12.6. The Bertz CT molecular complexity index is 845. The Balaban J connectivity index is 2.24. The summed E-state index contributed by atoms with van der Waals surface area (Å²) in [6, 6.07) is 9.10. The maximum absolute atomic E-state index is 12.5. The zero-order chi connectivity index (χ0) is 14.3. The lowest BCUT2D eigenvalue weighted by molar-refractivity contribution is 0.0991. The molecule has 0 atom stereocenters. The first-order valence-electron chi connectivity index (χ1n) is 5.80. The molecule has 0 spiro atoms. The third kappa shape index (κ3) is 1.73. The Labute approximate surface area is 115 Å². The van der Waals surface area contributed by atoms with Crippen molar-refractivity contribution in [1.29, 1.82) is 0 Å². The van der Waals surface area contributed by atoms with Crippen molar-refractivity contribution in [2.24, 2.45) is 0 Å². The van der Waals surface area contributed by atoms with E-state index in [0.29, 0.717) is 0 Å². The van der Waals surface area contributed by atoms with Gasteiger partial charge in [0.15, 0.2) is 5.78 Å². The van der Waals surface area contributed by atoms with Gasteiger partial charge in [-0.2, -0.15) is 0 Å². The minimum Gasteiger partial charge on any atom is -0.289 e. The van der Waals surface area contributed by atoms with Crippen molar-refractivity contribution in [2.75, 3.05) is 0 Å². The number of hydrogen-bond donors (Lipinski definition) is 0. The van der Waals surface area contributed by atoms with Gasteiger partial charge in [-0.05, 0) is 30.4 Å². The topological polar surface area (TPSA) is 73.2 Å². The van der Waals surface area contributed by atoms with E-state index < -0.39 is 15.8 Å². The van der Waals surface area contributed by atoms with Crippen molar-refractivity contribution < 1.29 is 18.0 Å². The molecule has 1 aromatic carbocycles. The van der Waals surface area contributed by atoms with Gasteiger partial charge in [-0.25, -0.2) is 12.4 Å². The van der Waals surface area contributed by atoms with E-state index in [0.717, 1.165) is 16.1 Å². The van der Waals surface area contributed by atoms with Gasteiger partial charge in [-0.15, -0.1) is 0 Å². The number of carbonyl (C=O) groups excluding carboxylic acids is 2. The van der Waals surface area contributed by atoms with Crippen LogP contribution in [0.3, 0.4) is 0 Å². The first-order valence-corrected chi connectivity index (χ1v) is 7.24. The van der Waals surface area contributed by atoms with Gasteiger partial charge in [-0.1, -0.05) is 18.2 Å². The van der Waals surface area contributed by atoms with E-state index in [1.807, 2.05) is 0 Å². The maximum atomic E-state index is 12.5. The number of fused-ring (bicyclic) bond motifs is 1. The molecule has 0 fully saturated rings. The number of allylic oxidation sites excluding steroid dienone is 2. The molecule has 5 nitrogen and oxygen atoms in total. The van der Waals surface area contributed by atoms with Crippen LogP contribution in [0.15, 0.2) is 59.6 Å². The summed E-state index contributed by atoms with van der Waals surface area (Å²) in [5.74, 6) is -0.870. The zero-order valence-corrected chi connectivity index (χ0v) is 11.0. The molecule has 3 rings (SSSR count). The van der Waals surface area contributed by atoms with Crippen LogP contribution >= 0.6 is 0 Å². The highest BCUT2D eigenvalue weighted by Gasteiger charge is 2.29. The molecule has 0 unspecified atom stereocenters. The second kappa shape index (κ2) is 4.28. The van der Waals surface area contributed by atoms with Gasteiger partial charge < -0.3 is 0 Å². The highest BCUT2D eigenvalue weighted by atomic mass is 32.2. The van der Waals surface area contributed by atoms with Crippen molar-refractivity contribution >= 4 is 21.6 Å². The largest absolute Gasteiger partial charge is 0.289 e. The standard InChI is InChI=1S/C14H9NO4S/c16-12-6-7-13(17)14-11(12)8-9-15(14)20(18,19)10-4-2-1-3-5-10/h1-9H. The van der Waals surface area contributed by atoms with Crippen LogP contribution in [0.5, 0.6) is 0 Å². The van der Waals surface area contributed by atoms with E-state index in [1.54, 1.807) is 18.2 Å². The molecular formula is C14H9NO4S. The van der Waals surface area contributed by atoms with Crippen molar-refractivity contribution in [3.63, 3.8) is 0 Å². The smallest absolute Gasteiger partial charge is 0.268 e. The quantitative estimate of drug-likeness (QED) is 0.842. The molecule has 1 aromatic heterocycles.